The third-order valence-corrected chi connectivity index (χ3v) is 12.2. The van der Waals surface area contributed by atoms with E-state index in [4.69, 9.17) is 5.48 Å². The molecule has 3 heterocycles. The van der Waals surface area contributed by atoms with E-state index in [1.165, 1.54) is 26.7 Å². The van der Waals surface area contributed by atoms with Gasteiger partial charge in [0.25, 0.3) is 0 Å². The van der Waals surface area contributed by atoms with Gasteiger partial charge in [0.15, 0.2) is 0 Å². The van der Waals surface area contributed by atoms with Gasteiger partial charge in [-0.05, 0) is 33.3 Å². The maximum Gasteiger partial charge on any atom is 0 e. The maximum atomic E-state index is 14.1. The Morgan fingerprint density at radius 3 is 2.37 bits per heavy atom. The van der Waals surface area contributed by atoms with Gasteiger partial charge in [-0.25, -0.2) is 4.39 Å². The van der Waals surface area contributed by atoms with Crippen LogP contribution in [0.5, 0.6) is 0 Å². The Balaban J connectivity index is 0.000000204. The van der Waals surface area contributed by atoms with Gasteiger partial charge < -0.3 is 4.98 Å². The molecule has 0 N–H and O–H groups in total. The van der Waals surface area contributed by atoms with Crippen LogP contribution >= 0.6 is 11.3 Å². The van der Waals surface area contributed by atoms with Crippen molar-refractivity contribution in [3.8, 4) is 22.5 Å². The minimum absolute atomic E-state index is 0. The molecule has 0 unspecified atom stereocenters. The molecule has 211 valence electrons. The number of aryl methyl sites for hydroxylation is 1. The molecule has 0 atom stereocenters. The van der Waals surface area contributed by atoms with E-state index < -0.39 is 31.8 Å². The Kier molecular flexibility index (Phi) is 8.29. The van der Waals surface area contributed by atoms with Gasteiger partial charge in [-0.1, -0.05) is 43.5 Å². The maximum absolute atomic E-state index is 14.1. The molecule has 1 radical (unpaired) electrons. The summed E-state index contributed by atoms with van der Waals surface area (Å²) in [5, 5.41) is 2.36. The summed E-state index contributed by atoms with van der Waals surface area (Å²) in [7, 11) is 0. The van der Waals surface area contributed by atoms with Crippen LogP contribution in [0.15, 0.2) is 85.2 Å². The van der Waals surface area contributed by atoms with Crippen molar-refractivity contribution in [2.45, 2.75) is 43.9 Å². The molecule has 0 fully saturated rings. The second-order valence-corrected chi connectivity index (χ2v) is 22.6. The van der Waals surface area contributed by atoms with Gasteiger partial charge in [-0.3, -0.25) is 0 Å². The van der Waals surface area contributed by atoms with Crippen LogP contribution < -0.4 is 4.40 Å². The summed E-state index contributed by atoms with van der Waals surface area (Å²) in [6.07, 6.45) is 3.15. The number of rotatable bonds is 4. The smallest absolute Gasteiger partial charge is 0 e. The second kappa shape index (κ2) is 13.1. The minimum Gasteiger partial charge on any atom is 0 e. The number of nitrogens with zero attached hydrogens (tertiary/aromatic N) is 2. The quantitative estimate of drug-likeness (QED) is 0.131. The summed E-state index contributed by atoms with van der Waals surface area (Å²) in [5.41, 5.74) is 3.83. The average Bonchev–Trinajstić information content (AvgIpc) is 3.36. The van der Waals surface area contributed by atoms with Crippen LogP contribution in [-0.2, 0) is 20.1 Å². The Morgan fingerprint density at radius 1 is 0.927 bits per heavy atom. The van der Waals surface area contributed by atoms with E-state index >= 15 is 0 Å². The number of pyridine rings is 2. The molecule has 6 rings (SSSR count). The number of aromatic nitrogens is 2. The second-order valence-electron chi connectivity index (χ2n) is 10.9. The van der Waals surface area contributed by atoms with Gasteiger partial charge >= 0.3 is 110 Å². The molecule has 0 amide bonds. The topological polar surface area (TPSA) is 25.8 Å². The first-order chi connectivity index (χ1) is 20.6. The SMILES string of the molecule is [2H]C(C)(C)c1cc(-c2[c-]ccc3c2sc2ccccc23)ncc1F.[2H]C([2H])([2H])c1c[c-]c(-c2cc[c]([Ge]([CH3])([CH3])[CH3])cn2)cc1.[Ir]. The van der Waals surface area contributed by atoms with Gasteiger partial charge in [-0.15, -0.1) is 23.8 Å². The Labute approximate surface area is 268 Å². The van der Waals surface area contributed by atoms with Crippen molar-refractivity contribution in [3.63, 3.8) is 0 Å². The standard InChI is InChI=1S/C20H15FNS.C15H18GeN.Ir/c1-12(2)16-10-18(22-11-17(16)21)15-8-5-7-14-13-6-3-4-9-19(13)23-20(14)15;1-12-5-7-13(8-6-12)15-10-9-14(11-17-15)16(2,3)4;/h3-7,9-12H,1-2H3;5-7,9-11H,1-4H3;/q2*-1;/i12D;1D3;. The predicted molar refractivity (Wildman–Crippen MR) is 172 cm³/mol. The summed E-state index contributed by atoms with van der Waals surface area (Å²) < 4.78 is 47.9. The minimum atomic E-state index is -2.08. The summed E-state index contributed by atoms with van der Waals surface area (Å²) in [5.74, 6) is 5.52. The van der Waals surface area contributed by atoms with Gasteiger partial charge in [0.05, 0.1) is 6.20 Å². The molecule has 0 aliphatic carbocycles. The summed E-state index contributed by atoms with van der Waals surface area (Å²) >= 11 is -0.142. The van der Waals surface area contributed by atoms with Crippen LogP contribution in [0.1, 0.15) is 36.4 Å². The fraction of sp³-hybridized carbons (Fsp3) is 0.200. The molecule has 0 bridgehead atoms. The van der Waals surface area contributed by atoms with Gasteiger partial charge in [0, 0.05) is 26.2 Å². The van der Waals surface area contributed by atoms with E-state index in [0.717, 1.165) is 26.9 Å². The number of hydrogen-bond donors (Lipinski definition) is 0. The van der Waals surface area contributed by atoms with Crippen LogP contribution in [0.25, 0.3) is 42.7 Å². The first-order valence-electron chi connectivity index (χ1n) is 15.1. The van der Waals surface area contributed by atoms with Gasteiger partial charge in [0.2, 0.25) is 0 Å². The van der Waals surface area contributed by atoms with Crippen molar-refractivity contribution >= 4 is 49.2 Å². The first-order valence-corrected chi connectivity index (χ1v) is 21.3. The molecular weight excluding hydrogens is 764 g/mol. The van der Waals surface area contributed by atoms with E-state index in [2.05, 4.69) is 63.6 Å². The fourth-order valence-electron chi connectivity index (χ4n) is 4.42. The van der Waals surface area contributed by atoms with Gasteiger partial charge in [-0.2, -0.15) is 11.3 Å². The fourth-order valence-corrected chi connectivity index (χ4v) is 7.80. The zero-order valence-electron chi connectivity index (χ0n) is 27.6. The van der Waals surface area contributed by atoms with Crippen molar-refractivity contribution in [1.29, 1.82) is 0 Å². The number of thiophene rings is 1. The van der Waals surface area contributed by atoms with Crippen LogP contribution in [-0.4, -0.2) is 23.2 Å². The van der Waals surface area contributed by atoms with Crippen LogP contribution in [0, 0.1) is 24.8 Å². The zero-order chi connectivity index (χ0) is 31.9. The largest absolute Gasteiger partial charge is 0 e. The molecule has 0 saturated carbocycles. The third kappa shape index (κ3) is 7.03. The molecule has 0 spiro atoms. The van der Waals surface area contributed by atoms with Crippen LogP contribution in [0.2, 0.25) is 17.3 Å². The average molecular weight is 802 g/mol. The molecule has 0 aliphatic heterocycles. The van der Waals surface area contributed by atoms with Gasteiger partial charge in [0.1, 0.15) is 5.82 Å². The Bertz CT molecular complexity index is 1870. The first kappa shape index (κ1) is 26.0. The van der Waals surface area contributed by atoms with Crippen LogP contribution in [0.4, 0.5) is 4.39 Å². The third-order valence-electron chi connectivity index (χ3n) is 6.71. The number of hydrogen-bond acceptors (Lipinski definition) is 3. The zero-order valence-corrected chi connectivity index (χ0v) is 28.9. The van der Waals surface area contributed by atoms with E-state index in [1.54, 1.807) is 43.4 Å². The van der Waals surface area contributed by atoms with Crippen LogP contribution in [0.3, 0.4) is 0 Å². The van der Waals surface area contributed by atoms with Crippen molar-refractivity contribution in [2.75, 3.05) is 0 Å². The molecule has 6 heteroatoms. The predicted octanol–water partition coefficient (Wildman–Crippen LogP) is 9.58. The van der Waals surface area contributed by atoms with Crippen molar-refractivity contribution < 1.29 is 30.0 Å². The Morgan fingerprint density at radius 2 is 1.71 bits per heavy atom. The van der Waals surface area contributed by atoms with E-state index in [0.29, 0.717) is 16.8 Å². The number of halogens is 1. The Hall–Kier alpha value is -2.70. The molecule has 0 saturated heterocycles. The summed E-state index contributed by atoms with van der Waals surface area (Å²) in [6.45, 7) is 1.28. The normalized spacial score (nSPS) is 13.3. The number of benzene rings is 3. The molecule has 0 aliphatic rings. The summed E-state index contributed by atoms with van der Waals surface area (Å²) in [6, 6.07) is 29.2. The molecule has 3 aromatic carbocycles. The molecule has 6 aromatic rings. The summed E-state index contributed by atoms with van der Waals surface area (Å²) in [4.78, 5) is 8.74. The van der Waals surface area contributed by atoms with E-state index in [1.807, 2.05) is 30.5 Å². The van der Waals surface area contributed by atoms with Crippen molar-refractivity contribution in [2.24, 2.45) is 0 Å². The molecule has 3 aromatic heterocycles. The molecule has 41 heavy (non-hydrogen) atoms. The van der Waals surface area contributed by atoms with Crippen molar-refractivity contribution in [3.05, 3.63) is 114 Å². The van der Waals surface area contributed by atoms with E-state index in [-0.39, 0.29) is 20.1 Å². The number of fused-ring (bicyclic) bond motifs is 3. The monoisotopic (exact) mass is 803 g/mol. The molecular formula is C35H33FGeIrN2S-2. The van der Waals surface area contributed by atoms with Crippen molar-refractivity contribution in [1.82, 2.24) is 9.97 Å². The molecule has 2 nitrogen and oxygen atoms in total. The van der Waals surface area contributed by atoms with E-state index in [9.17, 15) is 4.39 Å².